The van der Waals surface area contributed by atoms with Crippen molar-refractivity contribution >= 4 is 23.5 Å². The molecule has 1 aromatic heterocycles. The number of urea groups is 1. The first kappa shape index (κ1) is 17.5. The lowest BCUT2D eigenvalue weighted by atomic mass is 9.98. The smallest absolute Gasteiger partial charge is 0.321 e. The number of aromatic nitrogens is 1. The third kappa shape index (κ3) is 4.21. The van der Waals surface area contributed by atoms with Gasteiger partial charge in [-0.15, -0.1) is 0 Å². The van der Waals surface area contributed by atoms with E-state index in [-0.39, 0.29) is 17.9 Å². The van der Waals surface area contributed by atoms with E-state index in [1.807, 2.05) is 12.1 Å². The van der Waals surface area contributed by atoms with E-state index < -0.39 is 0 Å². The topological polar surface area (TPSA) is 74.8 Å². The molecule has 0 spiro atoms. The largest absolute Gasteiger partial charge is 0.466 e. The Morgan fingerprint density at radius 2 is 2.08 bits per heavy atom. The number of nitrogens with zero attached hydrogens (tertiary/aromatic N) is 3. The van der Waals surface area contributed by atoms with Gasteiger partial charge in [-0.25, -0.2) is 9.78 Å². The number of piperidine rings is 1. The number of nitrogens with one attached hydrogen (secondary N) is 1. The molecule has 2 amide bonds. The summed E-state index contributed by atoms with van der Waals surface area (Å²) in [6.45, 7) is 5.16. The lowest BCUT2D eigenvalue weighted by molar-refractivity contribution is -0.149. The zero-order valence-corrected chi connectivity index (χ0v) is 14.7. The highest BCUT2D eigenvalue weighted by atomic mass is 16.5. The SMILES string of the molecule is CCOC(=O)[C@@H]1CCCN(C(=O)Nc2cccnc2N2CCCC2)C1. The van der Waals surface area contributed by atoms with Crippen LogP contribution in [0.15, 0.2) is 18.3 Å². The predicted octanol–water partition coefficient (Wildman–Crippen LogP) is 2.49. The zero-order valence-electron chi connectivity index (χ0n) is 14.7. The quantitative estimate of drug-likeness (QED) is 0.848. The average molecular weight is 346 g/mol. The fourth-order valence-corrected chi connectivity index (χ4v) is 3.48. The molecule has 0 radical (unpaired) electrons. The number of amides is 2. The number of carbonyl (C=O) groups is 2. The van der Waals surface area contributed by atoms with Crippen molar-refractivity contribution in [2.45, 2.75) is 32.6 Å². The summed E-state index contributed by atoms with van der Waals surface area (Å²) in [4.78, 5) is 33.0. The van der Waals surface area contributed by atoms with Crippen LogP contribution in [-0.2, 0) is 9.53 Å². The molecule has 25 heavy (non-hydrogen) atoms. The molecule has 3 heterocycles. The summed E-state index contributed by atoms with van der Waals surface area (Å²) >= 11 is 0. The Morgan fingerprint density at radius 1 is 1.28 bits per heavy atom. The lowest BCUT2D eigenvalue weighted by Crippen LogP contribution is -2.44. The molecule has 7 heteroatoms. The summed E-state index contributed by atoms with van der Waals surface area (Å²) in [5.41, 5.74) is 0.729. The van der Waals surface area contributed by atoms with E-state index in [9.17, 15) is 9.59 Å². The van der Waals surface area contributed by atoms with Crippen molar-refractivity contribution in [1.29, 1.82) is 0 Å². The Hall–Kier alpha value is -2.31. The number of hydrogen-bond acceptors (Lipinski definition) is 5. The van der Waals surface area contributed by atoms with Crippen LogP contribution in [0.25, 0.3) is 0 Å². The summed E-state index contributed by atoms with van der Waals surface area (Å²) in [7, 11) is 0. The highest BCUT2D eigenvalue weighted by Crippen LogP contribution is 2.27. The standard InChI is InChI=1S/C18H26N4O3/c1-2-25-17(23)14-7-6-12-22(13-14)18(24)20-15-8-5-9-19-16(15)21-10-3-4-11-21/h5,8-9,14H,2-4,6-7,10-13H2,1H3,(H,20,24)/t14-/m1/s1. The summed E-state index contributed by atoms with van der Waals surface area (Å²) in [6.07, 6.45) is 5.63. The number of anilines is 2. The second kappa shape index (κ2) is 8.18. The highest BCUT2D eigenvalue weighted by Gasteiger charge is 2.30. The van der Waals surface area contributed by atoms with E-state index in [2.05, 4.69) is 15.2 Å². The average Bonchev–Trinajstić information content (AvgIpc) is 3.17. The van der Waals surface area contributed by atoms with Gasteiger partial charge in [-0.05, 0) is 44.7 Å². The zero-order chi connectivity index (χ0) is 17.6. The number of likely N-dealkylation sites (tertiary alicyclic amines) is 1. The van der Waals surface area contributed by atoms with E-state index >= 15 is 0 Å². The van der Waals surface area contributed by atoms with Gasteiger partial charge in [0, 0.05) is 32.4 Å². The molecule has 0 bridgehead atoms. The van der Waals surface area contributed by atoms with Crippen LogP contribution < -0.4 is 10.2 Å². The molecule has 2 aliphatic rings. The summed E-state index contributed by atoms with van der Waals surface area (Å²) in [5, 5.41) is 2.98. The molecule has 0 saturated carbocycles. The molecule has 2 aliphatic heterocycles. The maximum atomic E-state index is 12.7. The Kier molecular flexibility index (Phi) is 5.73. The molecule has 1 aromatic rings. The van der Waals surface area contributed by atoms with E-state index in [4.69, 9.17) is 4.74 Å². The molecule has 0 aliphatic carbocycles. The van der Waals surface area contributed by atoms with Gasteiger partial charge in [0.25, 0.3) is 0 Å². The van der Waals surface area contributed by atoms with Crippen LogP contribution in [0.2, 0.25) is 0 Å². The molecule has 136 valence electrons. The van der Waals surface area contributed by atoms with Crippen molar-refractivity contribution < 1.29 is 14.3 Å². The lowest BCUT2D eigenvalue weighted by Gasteiger charge is -2.32. The van der Waals surface area contributed by atoms with Crippen LogP contribution in [0, 0.1) is 5.92 Å². The Balaban J connectivity index is 1.65. The number of ether oxygens (including phenoxy) is 1. The highest BCUT2D eigenvalue weighted by molar-refractivity contribution is 5.92. The van der Waals surface area contributed by atoms with E-state index in [0.717, 1.165) is 50.3 Å². The molecule has 2 saturated heterocycles. The summed E-state index contributed by atoms with van der Waals surface area (Å²) in [5.74, 6) is 0.387. The molecule has 2 fully saturated rings. The van der Waals surface area contributed by atoms with Crippen LogP contribution in [0.1, 0.15) is 32.6 Å². The molecule has 7 nitrogen and oxygen atoms in total. The van der Waals surface area contributed by atoms with Crippen LogP contribution >= 0.6 is 0 Å². The molecule has 0 unspecified atom stereocenters. The second-order valence-electron chi connectivity index (χ2n) is 6.54. The van der Waals surface area contributed by atoms with Gasteiger partial charge in [-0.1, -0.05) is 0 Å². The van der Waals surface area contributed by atoms with Crippen molar-refractivity contribution in [2.24, 2.45) is 5.92 Å². The number of rotatable bonds is 4. The van der Waals surface area contributed by atoms with Crippen molar-refractivity contribution in [3.05, 3.63) is 18.3 Å². The van der Waals surface area contributed by atoms with Gasteiger partial charge in [0.1, 0.15) is 0 Å². The minimum absolute atomic E-state index is 0.178. The number of pyridine rings is 1. The Morgan fingerprint density at radius 3 is 2.84 bits per heavy atom. The summed E-state index contributed by atoms with van der Waals surface area (Å²) < 4.78 is 5.10. The fraction of sp³-hybridized carbons (Fsp3) is 0.611. The molecular weight excluding hydrogens is 320 g/mol. The molecule has 1 N–H and O–H groups in total. The Labute approximate surface area is 148 Å². The van der Waals surface area contributed by atoms with Gasteiger partial charge in [0.15, 0.2) is 5.82 Å². The Bertz CT molecular complexity index is 616. The number of hydrogen-bond donors (Lipinski definition) is 1. The molecule has 1 atom stereocenters. The van der Waals surface area contributed by atoms with Gasteiger partial charge >= 0.3 is 12.0 Å². The second-order valence-corrected chi connectivity index (χ2v) is 6.54. The third-order valence-corrected chi connectivity index (χ3v) is 4.76. The fourth-order valence-electron chi connectivity index (χ4n) is 3.48. The normalized spacial score (nSPS) is 20.4. The number of esters is 1. The van der Waals surface area contributed by atoms with Crippen molar-refractivity contribution in [2.75, 3.05) is 43.0 Å². The van der Waals surface area contributed by atoms with Gasteiger partial charge in [-0.3, -0.25) is 4.79 Å². The van der Waals surface area contributed by atoms with E-state index in [1.54, 1.807) is 18.0 Å². The van der Waals surface area contributed by atoms with E-state index in [0.29, 0.717) is 19.7 Å². The predicted molar refractivity (Wildman–Crippen MR) is 95.6 cm³/mol. The first-order chi connectivity index (χ1) is 12.2. The van der Waals surface area contributed by atoms with Crippen molar-refractivity contribution in [1.82, 2.24) is 9.88 Å². The van der Waals surface area contributed by atoms with Gasteiger partial charge in [0.05, 0.1) is 18.2 Å². The first-order valence-electron chi connectivity index (χ1n) is 9.11. The van der Waals surface area contributed by atoms with Crippen LogP contribution in [0.5, 0.6) is 0 Å². The minimum atomic E-state index is -0.230. The summed E-state index contributed by atoms with van der Waals surface area (Å²) in [6, 6.07) is 3.53. The van der Waals surface area contributed by atoms with Gasteiger partial charge < -0.3 is 19.9 Å². The van der Waals surface area contributed by atoms with Crippen LogP contribution in [0.4, 0.5) is 16.3 Å². The molecular formula is C18H26N4O3. The van der Waals surface area contributed by atoms with Crippen molar-refractivity contribution in [3.8, 4) is 0 Å². The van der Waals surface area contributed by atoms with Gasteiger partial charge in [0.2, 0.25) is 0 Å². The maximum Gasteiger partial charge on any atom is 0.321 e. The van der Waals surface area contributed by atoms with Gasteiger partial charge in [-0.2, -0.15) is 0 Å². The first-order valence-corrected chi connectivity index (χ1v) is 9.11. The molecule has 0 aromatic carbocycles. The maximum absolute atomic E-state index is 12.7. The van der Waals surface area contributed by atoms with Crippen LogP contribution in [-0.4, -0.2) is 54.7 Å². The third-order valence-electron chi connectivity index (χ3n) is 4.76. The minimum Gasteiger partial charge on any atom is -0.466 e. The monoisotopic (exact) mass is 346 g/mol. The number of carbonyl (C=O) groups excluding carboxylic acids is 2. The van der Waals surface area contributed by atoms with Crippen LogP contribution in [0.3, 0.4) is 0 Å². The molecule has 3 rings (SSSR count). The van der Waals surface area contributed by atoms with Crippen molar-refractivity contribution in [3.63, 3.8) is 0 Å². The van der Waals surface area contributed by atoms with E-state index in [1.165, 1.54) is 0 Å².